The zero-order valence-electron chi connectivity index (χ0n) is 21.1. The summed E-state index contributed by atoms with van der Waals surface area (Å²) in [6.07, 6.45) is 0.360. The molecule has 1 aromatic carbocycles. The number of hydrogen-bond acceptors (Lipinski definition) is 9. The van der Waals surface area contributed by atoms with Crippen molar-refractivity contribution >= 4 is 16.8 Å². The Bertz CT molecular complexity index is 1520. The van der Waals surface area contributed by atoms with E-state index >= 15 is 0 Å². The number of rotatable bonds is 5. The van der Waals surface area contributed by atoms with Gasteiger partial charge in [-0.3, -0.25) is 4.79 Å². The van der Waals surface area contributed by atoms with Gasteiger partial charge in [0.1, 0.15) is 23.3 Å². The number of nitrogens with two attached hydrogens (primary N) is 1. The van der Waals surface area contributed by atoms with Crippen LogP contribution in [0.5, 0.6) is 5.75 Å². The normalized spacial score (nSPS) is 16.3. The van der Waals surface area contributed by atoms with E-state index < -0.39 is 29.4 Å². The third-order valence-corrected chi connectivity index (χ3v) is 6.81. The minimum atomic E-state index is -4.64. The van der Waals surface area contributed by atoms with E-state index in [1.54, 1.807) is 30.3 Å². The zero-order valence-corrected chi connectivity index (χ0v) is 21.1. The van der Waals surface area contributed by atoms with E-state index in [0.29, 0.717) is 16.5 Å². The minimum absolute atomic E-state index is 0.00248. The first kappa shape index (κ1) is 26.5. The maximum absolute atomic E-state index is 13.5. The number of carbonyl (C=O) groups is 1. The molecule has 0 aliphatic carbocycles. The number of nitrogens with zero attached hydrogens (tertiary/aromatic N) is 5. The molecule has 3 aromatic heterocycles. The van der Waals surface area contributed by atoms with Gasteiger partial charge in [-0.25, -0.2) is 19.9 Å². The average molecular weight is 543 g/mol. The van der Waals surface area contributed by atoms with Crippen LogP contribution in [-0.2, 0) is 11.8 Å². The Balaban J connectivity index is 1.49. The molecule has 3 N–H and O–H groups in total. The third kappa shape index (κ3) is 4.90. The summed E-state index contributed by atoms with van der Waals surface area (Å²) in [4.78, 5) is 31.2. The number of benzene rings is 1. The van der Waals surface area contributed by atoms with Gasteiger partial charge in [-0.15, -0.1) is 0 Å². The number of carbonyl (C=O) groups excluding carboxylic acids is 1. The molecule has 0 saturated carbocycles. The summed E-state index contributed by atoms with van der Waals surface area (Å²) < 4.78 is 51.1. The number of piperidine rings is 1. The van der Waals surface area contributed by atoms with Crippen LogP contribution in [0.4, 0.5) is 13.2 Å². The van der Waals surface area contributed by atoms with E-state index in [4.69, 9.17) is 14.9 Å². The summed E-state index contributed by atoms with van der Waals surface area (Å²) in [5.41, 5.74) is 4.73. The van der Waals surface area contributed by atoms with Crippen molar-refractivity contribution in [2.45, 2.75) is 37.6 Å². The van der Waals surface area contributed by atoms with Crippen LogP contribution >= 0.6 is 0 Å². The second kappa shape index (κ2) is 9.89. The third-order valence-electron chi connectivity index (χ3n) is 6.81. The van der Waals surface area contributed by atoms with E-state index in [9.17, 15) is 23.1 Å². The fourth-order valence-corrected chi connectivity index (χ4v) is 4.67. The summed E-state index contributed by atoms with van der Waals surface area (Å²) in [5, 5.41) is 11.4. The molecule has 1 aliphatic heterocycles. The largest absolute Gasteiger partial charge is 0.494 e. The molecule has 0 radical (unpaired) electrons. The fraction of sp³-hybridized carbons (Fsp3) is 0.346. The molecule has 1 amide bonds. The lowest BCUT2D eigenvalue weighted by Crippen LogP contribution is -2.45. The van der Waals surface area contributed by atoms with Gasteiger partial charge in [0.2, 0.25) is 5.89 Å². The van der Waals surface area contributed by atoms with E-state index in [0.717, 1.165) is 6.07 Å². The Morgan fingerprint density at radius 3 is 2.46 bits per heavy atom. The van der Waals surface area contributed by atoms with Crippen LogP contribution in [-0.4, -0.2) is 56.0 Å². The topological polar surface area (TPSA) is 140 Å². The van der Waals surface area contributed by atoms with Crippen molar-refractivity contribution in [3.8, 4) is 17.2 Å². The zero-order chi connectivity index (χ0) is 27.9. The molecule has 1 saturated heterocycles. The smallest absolute Gasteiger partial charge is 0.433 e. The van der Waals surface area contributed by atoms with E-state index in [2.05, 4.69) is 19.9 Å². The predicted molar refractivity (Wildman–Crippen MR) is 132 cm³/mol. The molecule has 39 heavy (non-hydrogen) atoms. The van der Waals surface area contributed by atoms with Crippen molar-refractivity contribution in [3.05, 3.63) is 65.7 Å². The quantitative estimate of drug-likeness (QED) is 0.385. The summed E-state index contributed by atoms with van der Waals surface area (Å²) in [7, 11) is 1.33. The maximum Gasteiger partial charge on any atom is 0.433 e. The monoisotopic (exact) mass is 542 g/mol. The molecule has 5 rings (SSSR count). The van der Waals surface area contributed by atoms with Gasteiger partial charge in [0.15, 0.2) is 11.5 Å². The Morgan fingerprint density at radius 1 is 1.15 bits per heavy atom. The molecular weight excluding hydrogens is 517 g/mol. The Kier molecular flexibility index (Phi) is 6.72. The number of ether oxygens (including phenoxy) is 1. The average Bonchev–Trinajstić information content (AvgIpc) is 3.38. The molecule has 1 fully saturated rings. The van der Waals surface area contributed by atoms with Gasteiger partial charge in [0.05, 0.1) is 18.8 Å². The van der Waals surface area contributed by atoms with Crippen molar-refractivity contribution in [3.63, 3.8) is 0 Å². The molecule has 0 bridgehead atoms. The number of alkyl halides is 3. The van der Waals surface area contributed by atoms with Crippen LogP contribution in [0.2, 0.25) is 0 Å². The minimum Gasteiger partial charge on any atom is -0.494 e. The van der Waals surface area contributed by atoms with Gasteiger partial charge < -0.3 is 24.9 Å². The highest BCUT2D eigenvalue weighted by molar-refractivity contribution is 5.98. The molecule has 4 aromatic rings. The van der Waals surface area contributed by atoms with Gasteiger partial charge in [-0.1, -0.05) is 0 Å². The van der Waals surface area contributed by atoms with Gasteiger partial charge in [-0.05, 0) is 44.0 Å². The summed E-state index contributed by atoms with van der Waals surface area (Å²) in [6, 6.07) is 4.46. The van der Waals surface area contributed by atoms with Crippen molar-refractivity contribution in [2.75, 3.05) is 20.2 Å². The number of aromatic nitrogens is 4. The molecule has 4 heterocycles. The van der Waals surface area contributed by atoms with Crippen molar-refractivity contribution in [1.29, 1.82) is 0 Å². The Hall–Kier alpha value is -4.10. The Morgan fingerprint density at radius 2 is 1.85 bits per heavy atom. The van der Waals surface area contributed by atoms with E-state index in [-0.39, 0.29) is 54.5 Å². The van der Waals surface area contributed by atoms with E-state index in [1.165, 1.54) is 25.6 Å². The van der Waals surface area contributed by atoms with Crippen LogP contribution in [0.3, 0.4) is 0 Å². The summed E-state index contributed by atoms with van der Waals surface area (Å²) in [5.74, 6) is -0.148. The number of pyridine rings is 1. The van der Waals surface area contributed by atoms with Crippen molar-refractivity contribution in [2.24, 2.45) is 5.73 Å². The molecule has 13 heteroatoms. The van der Waals surface area contributed by atoms with Crippen LogP contribution in [0.15, 0.2) is 47.4 Å². The first-order valence-electron chi connectivity index (χ1n) is 12.1. The number of fused-ring (bicyclic) bond motifs is 1. The lowest BCUT2D eigenvalue weighted by Gasteiger charge is -2.37. The number of likely N-dealkylation sites (tertiary alicyclic amines) is 1. The number of oxazole rings is 1. The van der Waals surface area contributed by atoms with Crippen molar-refractivity contribution in [1.82, 2.24) is 24.8 Å². The predicted octanol–water partition coefficient (Wildman–Crippen LogP) is 3.85. The van der Waals surface area contributed by atoms with Crippen molar-refractivity contribution < 1.29 is 32.2 Å². The van der Waals surface area contributed by atoms with E-state index in [1.807, 2.05) is 0 Å². The second-order valence-corrected chi connectivity index (χ2v) is 9.38. The molecular formula is C26H25F3N6O4. The van der Waals surface area contributed by atoms with Crippen LogP contribution in [0.25, 0.3) is 22.4 Å². The fourth-order valence-electron chi connectivity index (χ4n) is 4.67. The van der Waals surface area contributed by atoms with Crippen LogP contribution in [0.1, 0.15) is 53.3 Å². The second-order valence-electron chi connectivity index (χ2n) is 9.38. The lowest BCUT2D eigenvalue weighted by atomic mass is 9.86. The number of halogens is 3. The number of methoxy groups -OCH3 is 1. The molecule has 10 nitrogen and oxygen atoms in total. The highest BCUT2D eigenvalue weighted by Gasteiger charge is 2.38. The number of aliphatic hydroxyl groups is 1. The molecule has 1 atom stereocenters. The lowest BCUT2D eigenvalue weighted by molar-refractivity contribution is -0.140. The van der Waals surface area contributed by atoms with Gasteiger partial charge in [-0.2, -0.15) is 13.2 Å². The van der Waals surface area contributed by atoms with Gasteiger partial charge in [0, 0.05) is 42.0 Å². The van der Waals surface area contributed by atoms with Gasteiger partial charge >= 0.3 is 6.18 Å². The SMILES string of the molecule is COc1ccc(-c2nc(C(=O)N3CCC(O)(c4cncnc4)CC3)c([C@H](C)N)o2)c2ccc(C(F)(F)F)nc12. The summed E-state index contributed by atoms with van der Waals surface area (Å²) in [6.45, 7) is 2.11. The molecule has 0 unspecified atom stereocenters. The Labute approximate surface area is 220 Å². The number of amides is 1. The summed E-state index contributed by atoms with van der Waals surface area (Å²) >= 11 is 0. The van der Waals surface area contributed by atoms with Crippen LogP contribution in [0, 0.1) is 0 Å². The highest BCUT2D eigenvalue weighted by Crippen LogP contribution is 2.38. The highest BCUT2D eigenvalue weighted by atomic mass is 19.4. The number of hydrogen-bond donors (Lipinski definition) is 2. The first-order valence-corrected chi connectivity index (χ1v) is 12.1. The first-order chi connectivity index (χ1) is 18.5. The standard InChI is InChI=1S/C26H25F3N6O4/c1-14(30)22-21(24(36)35-9-7-25(37,8-10-35)15-11-31-13-32-12-15)34-23(39-22)17-3-5-18(38-2)20-16(17)4-6-19(33-20)26(27,28)29/h3-6,11-14,37H,7-10,30H2,1-2H3/t14-/m0/s1. The van der Waals surface area contributed by atoms with Crippen LogP contribution < -0.4 is 10.5 Å². The maximum atomic E-state index is 13.5. The molecule has 1 aliphatic rings. The molecule has 204 valence electrons. The van der Waals surface area contributed by atoms with Gasteiger partial charge in [0.25, 0.3) is 5.91 Å². The molecule has 0 spiro atoms.